The number of carboxylic acids is 2. The van der Waals surface area contributed by atoms with E-state index < -0.39 is 18.0 Å². The van der Waals surface area contributed by atoms with Crippen LogP contribution in [0, 0.1) is 11.8 Å². The van der Waals surface area contributed by atoms with Gasteiger partial charge in [0.15, 0.2) is 0 Å². The van der Waals surface area contributed by atoms with Crippen molar-refractivity contribution in [2.45, 2.75) is 91.6 Å². The zero-order valence-corrected chi connectivity index (χ0v) is 15.3. The summed E-state index contributed by atoms with van der Waals surface area (Å²) >= 11 is 0. The Labute approximate surface area is 141 Å². The highest BCUT2D eigenvalue weighted by molar-refractivity contribution is 5.69. The lowest BCUT2D eigenvalue weighted by Crippen LogP contribution is -2.12. The Morgan fingerprint density at radius 3 is 1.91 bits per heavy atom. The first-order valence-electron chi connectivity index (χ1n) is 8.83. The van der Waals surface area contributed by atoms with Gasteiger partial charge in [-0.15, -0.1) is 0 Å². The molecule has 0 spiro atoms. The molecule has 3 N–H and O–H groups in total. The minimum absolute atomic E-state index is 0.127. The van der Waals surface area contributed by atoms with Crippen molar-refractivity contribution in [3.05, 3.63) is 0 Å². The fourth-order valence-corrected chi connectivity index (χ4v) is 2.07. The quantitative estimate of drug-likeness (QED) is 0.462. The molecule has 0 aliphatic carbocycles. The molecule has 0 aliphatic rings. The first kappa shape index (κ1) is 24.2. The summed E-state index contributed by atoms with van der Waals surface area (Å²) in [6, 6.07) is 0. The van der Waals surface area contributed by atoms with E-state index in [1.54, 1.807) is 6.92 Å². The molecule has 0 radical (unpaired) electrons. The number of unbranched alkanes of at least 4 members (excludes halogenated alkanes) is 3. The monoisotopic (exact) mass is 332 g/mol. The number of carboxylic acid groups (broad SMARTS) is 2. The van der Waals surface area contributed by atoms with Crippen LogP contribution in [0.15, 0.2) is 0 Å². The van der Waals surface area contributed by atoms with Crippen LogP contribution in [0.2, 0.25) is 0 Å². The van der Waals surface area contributed by atoms with Crippen molar-refractivity contribution in [3.63, 3.8) is 0 Å². The number of aliphatic hydroxyl groups excluding tert-OH is 1. The van der Waals surface area contributed by atoms with Crippen molar-refractivity contribution in [2.75, 3.05) is 0 Å². The molecule has 5 heteroatoms. The van der Waals surface area contributed by atoms with Gasteiger partial charge in [-0.3, -0.25) is 9.59 Å². The molecule has 0 amide bonds. The van der Waals surface area contributed by atoms with E-state index in [0.717, 1.165) is 25.7 Å². The SMILES string of the molecule is CC(C)CCCC(O)CC(=O)O.CCCCCCC(C)C(=O)O. The maximum absolute atomic E-state index is 10.4. The van der Waals surface area contributed by atoms with Crippen molar-refractivity contribution < 1.29 is 24.9 Å². The van der Waals surface area contributed by atoms with Crippen LogP contribution in [0.25, 0.3) is 0 Å². The van der Waals surface area contributed by atoms with Crippen molar-refractivity contribution in [2.24, 2.45) is 11.8 Å². The van der Waals surface area contributed by atoms with E-state index in [9.17, 15) is 9.59 Å². The predicted octanol–water partition coefficient (Wildman–Crippen LogP) is 4.33. The highest BCUT2D eigenvalue weighted by Crippen LogP contribution is 2.10. The fraction of sp³-hybridized carbons (Fsp3) is 0.889. The predicted molar refractivity (Wildman–Crippen MR) is 92.5 cm³/mol. The van der Waals surface area contributed by atoms with Crippen molar-refractivity contribution in [3.8, 4) is 0 Å². The Hall–Kier alpha value is -1.10. The molecule has 2 unspecified atom stereocenters. The van der Waals surface area contributed by atoms with Gasteiger partial charge in [0.2, 0.25) is 0 Å². The average molecular weight is 332 g/mol. The molecule has 0 rings (SSSR count). The summed E-state index contributed by atoms with van der Waals surface area (Å²) in [6.45, 7) is 8.15. The summed E-state index contributed by atoms with van der Waals surface area (Å²) < 4.78 is 0. The smallest absolute Gasteiger partial charge is 0.306 e. The third kappa shape index (κ3) is 20.9. The van der Waals surface area contributed by atoms with Crippen LogP contribution >= 0.6 is 0 Å². The van der Waals surface area contributed by atoms with Gasteiger partial charge in [-0.2, -0.15) is 0 Å². The second-order valence-corrected chi connectivity index (χ2v) is 6.67. The Morgan fingerprint density at radius 2 is 1.48 bits per heavy atom. The van der Waals surface area contributed by atoms with Gasteiger partial charge >= 0.3 is 11.9 Å². The minimum atomic E-state index is -0.924. The number of carbonyl (C=O) groups is 2. The number of hydrogen-bond acceptors (Lipinski definition) is 3. The zero-order chi connectivity index (χ0) is 18.3. The van der Waals surface area contributed by atoms with Gasteiger partial charge in [0.25, 0.3) is 0 Å². The van der Waals surface area contributed by atoms with Gasteiger partial charge in [0, 0.05) is 0 Å². The first-order chi connectivity index (χ1) is 10.7. The van der Waals surface area contributed by atoms with Crippen molar-refractivity contribution >= 4 is 11.9 Å². The maximum Gasteiger partial charge on any atom is 0.306 e. The van der Waals surface area contributed by atoms with E-state index in [2.05, 4.69) is 20.8 Å². The molecule has 0 fully saturated rings. The van der Waals surface area contributed by atoms with E-state index in [4.69, 9.17) is 15.3 Å². The van der Waals surface area contributed by atoms with Crippen LogP contribution in [-0.4, -0.2) is 33.4 Å². The van der Waals surface area contributed by atoms with Gasteiger partial charge in [-0.1, -0.05) is 66.2 Å². The summed E-state index contributed by atoms with van der Waals surface area (Å²) in [5, 5.41) is 26.0. The molecule has 0 aromatic heterocycles. The standard InChI is InChI=1S/C9H18O3.C9H18O2/c1-7(2)4-3-5-8(10)6-9(11)12;1-3-4-5-6-7-8(2)9(10)11/h7-8,10H,3-6H2,1-2H3,(H,11,12);8H,3-7H2,1-2H3,(H,10,11). The molecule has 0 heterocycles. The lowest BCUT2D eigenvalue weighted by atomic mass is 10.0. The fourth-order valence-electron chi connectivity index (χ4n) is 2.07. The van der Waals surface area contributed by atoms with Gasteiger partial charge in [-0.25, -0.2) is 0 Å². The third-order valence-electron chi connectivity index (χ3n) is 3.64. The normalized spacial score (nSPS) is 13.1. The van der Waals surface area contributed by atoms with Gasteiger partial charge in [-0.05, 0) is 18.8 Å². The Bertz CT molecular complexity index is 302. The third-order valence-corrected chi connectivity index (χ3v) is 3.64. The van der Waals surface area contributed by atoms with E-state index in [1.807, 2.05) is 0 Å². The topological polar surface area (TPSA) is 94.8 Å². The van der Waals surface area contributed by atoms with Crippen LogP contribution in [0.5, 0.6) is 0 Å². The van der Waals surface area contributed by atoms with Gasteiger partial charge in [0.1, 0.15) is 0 Å². The highest BCUT2D eigenvalue weighted by atomic mass is 16.4. The number of aliphatic carboxylic acids is 2. The highest BCUT2D eigenvalue weighted by Gasteiger charge is 2.09. The van der Waals surface area contributed by atoms with Crippen LogP contribution in [0.3, 0.4) is 0 Å². The van der Waals surface area contributed by atoms with Crippen LogP contribution in [-0.2, 0) is 9.59 Å². The van der Waals surface area contributed by atoms with E-state index in [1.165, 1.54) is 19.3 Å². The Kier molecular flexibility index (Phi) is 16.6. The largest absolute Gasteiger partial charge is 0.481 e. The van der Waals surface area contributed by atoms with Crippen molar-refractivity contribution in [1.29, 1.82) is 0 Å². The second kappa shape index (κ2) is 15.8. The molecule has 5 nitrogen and oxygen atoms in total. The molecule has 138 valence electrons. The maximum atomic E-state index is 10.4. The molecule has 0 aromatic carbocycles. The van der Waals surface area contributed by atoms with Gasteiger partial charge in [0.05, 0.1) is 18.4 Å². The molecular formula is C18H36O5. The molecule has 0 saturated heterocycles. The molecule has 23 heavy (non-hydrogen) atoms. The zero-order valence-electron chi connectivity index (χ0n) is 15.3. The molecule has 2 atom stereocenters. The summed E-state index contributed by atoms with van der Waals surface area (Å²) in [6.07, 6.45) is 7.27. The van der Waals surface area contributed by atoms with Crippen molar-refractivity contribution in [1.82, 2.24) is 0 Å². The molecule has 0 bridgehead atoms. The minimum Gasteiger partial charge on any atom is -0.481 e. The van der Waals surface area contributed by atoms with E-state index in [0.29, 0.717) is 12.3 Å². The van der Waals surface area contributed by atoms with E-state index in [-0.39, 0.29) is 12.3 Å². The summed E-state index contributed by atoms with van der Waals surface area (Å²) in [7, 11) is 0. The van der Waals surface area contributed by atoms with Crippen LogP contribution in [0.1, 0.15) is 85.5 Å². The molecular weight excluding hydrogens is 296 g/mol. The Morgan fingerprint density at radius 1 is 0.870 bits per heavy atom. The summed E-state index contributed by atoms with van der Waals surface area (Å²) in [5.74, 6) is -1.12. The van der Waals surface area contributed by atoms with Crippen LogP contribution in [0.4, 0.5) is 0 Å². The molecule has 0 saturated carbocycles. The lowest BCUT2D eigenvalue weighted by molar-refractivity contribution is -0.141. The van der Waals surface area contributed by atoms with Gasteiger partial charge < -0.3 is 15.3 Å². The average Bonchev–Trinajstić information content (AvgIpc) is 2.42. The molecule has 0 aromatic rings. The summed E-state index contributed by atoms with van der Waals surface area (Å²) in [5.41, 5.74) is 0. The number of aliphatic hydroxyl groups is 1. The first-order valence-corrected chi connectivity index (χ1v) is 8.83. The number of hydrogen-bond donors (Lipinski definition) is 3. The molecule has 0 aliphatic heterocycles. The van der Waals surface area contributed by atoms with Crippen LogP contribution < -0.4 is 0 Å². The summed E-state index contributed by atoms with van der Waals surface area (Å²) in [4.78, 5) is 20.5. The number of rotatable bonds is 12. The lowest BCUT2D eigenvalue weighted by Gasteiger charge is -2.08. The second-order valence-electron chi connectivity index (χ2n) is 6.67. The Balaban J connectivity index is 0. The van der Waals surface area contributed by atoms with E-state index >= 15 is 0 Å².